The minimum absolute atomic E-state index is 0.0959. The molecule has 0 amide bonds. The summed E-state index contributed by atoms with van der Waals surface area (Å²) in [5, 5.41) is 9.34. The number of nitriles is 1. The number of rotatable bonds is 3. The Balaban J connectivity index is 2.04. The fourth-order valence-electron chi connectivity index (χ4n) is 2.78. The van der Waals surface area contributed by atoms with Gasteiger partial charge in [-0.2, -0.15) is 5.26 Å². The van der Waals surface area contributed by atoms with E-state index in [-0.39, 0.29) is 17.2 Å². The van der Waals surface area contributed by atoms with Crippen LogP contribution in [-0.2, 0) is 4.74 Å². The van der Waals surface area contributed by atoms with Gasteiger partial charge in [0.2, 0.25) is 0 Å². The fraction of sp³-hybridized carbons (Fsp3) is 0.333. The first-order valence-electron chi connectivity index (χ1n) is 7.67. The van der Waals surface area contributed by atoms with Crippen molar-refractivity contribution < 1.29 is 9.47 Å². The maximum absolute atomic E-state index is 12.0. The van der Waals surface area contributed by atoms with Crippen LogP contribution in [0.5, 0.6) is 5.75 Å². The Morgan fingerprint density at radius 2 is 2.00 bits per heavy atom. The molecule has 5 nitrogen and oxygen atoms in total. The summed E-state index contributed by atoms with van der Waals surface area (Å²) >= 11 is 0. The van der Waals surface area contributed by atoms with Crippen molar-refractivity contribution in [3.8, 4) is 22.9 Å². The largest absolute Gasteiger partial charge is 0.490 e. The molecule has 0 spiro atoms. The van der Waals surface area contributed by atoms with Crippen molar-refractivity contribution in [3.05, 3.63) is 51.9 Å². The van der Waals surface area contributed by atoms with Crippen LogP contribution in [-0.4, -0.2) is 24.3 Å². The minimum atomic E-state index is -0.372. The molecule has 1 aliphatic rings. The normalized spacial score (nSPS) is 15.1. The second-order valence-electron chi connectivity index (χ2n) is 5.61. The molecule has 5 heteroatoms. The van der Waals surface area contributed by atoms with E-state index in [0.29, 0.717) is 30.2 Å². The van der Waals surface area contributed by atoms with Crippen molar-refractivity contribution in [1.29, 1.82) is 5.26 Å². The summed E-state index contributed by atoms with van der Waals surface area (Å²) in [5.41, 5.74) is 1.83. The zero-order valence-corrected chi connectivity index (χ0v) is 13.0. The van der Waals surface area contributed by atoms with Crippen LogP contribution >= 0.6 is 0 Å². The van der Waals surface area contributed by atoms with Gasteiger partial charge in [-0.3, -0.25) is 4.79 Å². The summed E-state index contributed by atoms with van der Waals surface area (Å²) < 4.78 is 11.5. The Kier molecular flexibility index (Phi) is 4.45. The first-order valence-corrected chi connectivity index (χ1v) is 7.67. The van der Waals surface area contributed by atoms with Gasteiger partial charge in [0.15, 0.2) is 0 Å². The second-order valence-corrected chi connectivity index (χ2v) is 5.61. The number of aromatic nitrogens is 1. The number of H-pyrrole nitrogens is 1. The Morgan fingerprint density at radius 1 is 1.26 bits per heavy atom. The number of pyridine rings is 1. The second kappa shape index (κ2) is 6.67. The van der Waals surface area contributed by atoms with Crippen LogP contribution in [0.3, 0.4) is 0 Å². The lowest BCUT2D eigenvalue weighted by molar-refractivity contribution is 0.0258. The van der Waals surface area contributed by atoms with Gasteiger partial charge in [-0.25, -0.2) is 0 Å². The highest BCUT2D eigenvalue weighted by Crippen LogP contribution is 2.33. The van der Waals surface area contributed by atoms with Gasteiger partial charge >= 0.3 is 0 Å². The van der Waals surface area contributed by atoms with E-state index in [9.17, 15) is 10.1 Å². The fourth-order valence-corrected chi connectivity index (χ4v) is 2.78. The molecule has 1 aromatic heterocycles. The number of hydrogen-bond donors (Lipinski definition) is 1. The molecule has 1 saturated heterocycles. The summed E-state index contributed by atoms with van der Waals surface area (Å²) in [5.74, 6) is 0.695. The lowest BCUT2D eigenvalue weighted by Crippen LogP contribution is -2.26. The van der Waals surface area contributed by atoms with Crippen LogP contribution in [0.15, 0.2) is 35.1 Å². The smallest absolute Gasteiger partial charge is 0.266 e. The van der Waals surface area contributed by atoms with Crippen molar-refractivity contribution >= 4 is 0 Å². The molecule has 23 heavy (non-hydrogen) atoms. The molecule has 3 rings (SSSR count). The average Bonchev–Trinajstić information content (AvgIpc) is 2.56. The number of benzene rings is 1. The van der Waals surface area contributed by atoms with Crippen molar-refractivity contribution in [2.45, 2.75) is 25.9 Å². The van der Waals surface area contributed by atoms with Gasteiger partial charge < -0.3 is 14.5 Å². The third-order valence-electron chi connectivity index (χ3n) is 3.92. The van der Waals surface area contributed by atoms with Gasteiger partial charge in [0.25, 0.3) is 5.56 Å². The first-order chi connectivity index (χ1) is 11.2. The Bertz CT molecular complexity index is 799. The number of para-hydroxylation sites is 1. The van der Waals surface area contributed by atoms with E-state index in [1.54, 1.807) is 6.92 Å². The highest BCUT2D eigenvalue weighted by atomic mass is 16.5. The zero-order valence-electron chi connectivity index (χ0n) is 13.0. The molecular formula is C18H18N2O3. The molecule has 0 bridgehead atoms. The lowest BCUT2D eigenvalue weighted by Gasteiger charge is -2.24. The van der Waals surface area contributed by atoms with Gasteiger partial charge in [0.1, 0.15) is 23.5 Å². The van der Waals surface area contributed by atoms with E-state index in [2.05, 4.69) is 4.98 Å². The summed E-state index contributed by atoms with van der Waals surface area (Å²) in [4.78, 5) is 14.7. The van der Waals surface area contributed by atoms with Crippen LogP contribution in [0.4, 0.5) is 0 Å². The topological polar surface area (TPSA) is 75.1 Å². The van der Waals surface area contributed by atoms with E-state index in [4.69, 9.17) is 9.47 Å². The summed E-state index contributed by atoms with van der Waals surface area (Å²) in [7, 11) is 0. The SMILES string of the molecule is Cc1cc(-c2ccccc2OC2CCOCC2)c(C#N)c(=O)[nH]1. The van der Waals surface area contributed by atoms with Gasteiger partial charge in [-0.05, 0) is 19.1 Å². The maximum Gasteiger partial charge on any atom is 0.266 e. The van der Waals surface area contributed by atoms with Crippen LogP contribution < -0.4 is 10.3 Å². The molecule has 0 aliphatic carbocycles. The highest BCUT2D eigenvalue weighted by Gasteiger charge is 2.19. The molecule has 0 radical (unpaired) electrons. The molecule has 118 valence electrons. The van der Waals surface area contributed by atoms with Crippen molar-refractivity contribution in [2.24, 2.45) is 0 Å². The van der Waals surface area contributed by atoms with E-state index in [0.717, 1.165) is 18.4 Å². The van der Waals surface area contributed by atoms with E-state index < -0.39 is 0 Å². The zero-order chi connectivity index (χ0) is 16.2. The number of hydrogen-bond acceptors (Lipinski definition) is 4. The molecule has 0 unspecified atom stereocenters. The Hall–Kier alpha value is -2.58. The van der Waals surface area contributed by atoms with E-state index >= 15 is 0 Å². The third-order valence-corrected chi connectivity index (χ3v) is 3.92. The third kappa shape index (κ3) is 3.27. The number of nitrogens with zero attached hydrogens (tertiary/aromatic N) is 1. The van der Waals surface area contributed by atoms with Crippen molar-refractivity contribution in [2.75, 3.05) is 13.2 Å². The quantitative estimate of drug-likeness (QED) is 0.946. The molecule has 2 aromatic rings. The molecular weight excluding hydrogens is 292 g/mol. The monoisotopic (exact) mass is 310 g/mol. The summed E-state index contributed by atoms with van der Waals surface area (Å²) in [6.45, 7) is 3.19. The number of aryl methyl sites for hydroxylation is 1. The van der Waals surface area contributed by atoms with Gasteiger partial charge in [-0.15, -0.1) is 0 Å². The molecule has 2 heterocycles. The van der Waals surface area contributed by atoms with Crippen molar-refractivity contribution in [3.63, 3.8) is 0 Å². The molecule has 0 saturated carbocycles. The minimum Gasteiger partial charge on any atom is -0.490 e. The molecule has 1 aromatic carbocycles. The lowest BCUT2D eigenvalue weighted by atomic mass is 10.00. The van der Waals surface area contributed by atoms with Crippen LogP contribution in [0.25, 0.3) is 11.1 Å². The summed E-state index contributed by atoms with van der Waals surface area (Å²) in [6, 6.07) is 11.3. The van der Waals surface area contributed by atoms with Gasteiger partial charge in [0, 0.05) is 29.7 Å². The summed E-state index contributed by atoms with van der Waals surface area (Å²) in [6.07, 6.45) is 1.78. The maximum atomic E-state index is 12.0. The average molecular weight is 310 g/mol. The van der Waals surface area contributed by atoms with Crippen molar-refractivity contribution in [1.82, 2.24) is 4.98 Å². The predicted molar refractivity (Wildman–Crippen MR) is 86.4 cm³/mol. The van der Waals surface area contributed by atoms with Crippen LogP contribution in [0.2, 0.25) is 0 Å². The molecule has 0 atom stereocenters. The van der Waals surface area contributed by atoms with E-state index in [1.165, 1.54) is 0 Å². The van der Waals surface area contributed by atoms with Gasteiger partial charge in [-0.1, -0.05) is 18.2 Å². The number of nitrogens with one attached hydrogen (secondary N) is 1. The van der Waals surface area contributed by atoms with Gasteiger partial charge in [0.05, 0.1) is 13.2 Å². The standard InChI is InChI=1S/C18H18N2O3/c1-12-10-15(16(11-19)18(21)20-12)14-4-2-3-5-17(14)23-13-6-8-22-9-7-13/h2-5,10,13H,6-9H2,1H3,(H,20,21). The Morgan fingerprint density at radius 3 is 2.74 bits per heavy atom. The molecule has 1 fully saturated rings. The van der Waals surface area contributed by atoms with Crippen LogP contribution in [0.1, 0.15) is 24.1 Å². The highest BCUT2D eigenvalue weighted by molar-refractivity contribution is 5.75. The molecule has 1 aliphatic heterocycles. The Labute approximate surface area is 134 Å². The van der Waals surface area contributed by atoms with Crippen LogP contribution in [0, 0.1) is 18.3 Å². The van der Waals surface area contributed by atoms with E-state index in [1.807, 2.05) is 36.4 Å². The number of ether oxygens (including phenoxy) is 2. The number of aromatic amines is 1. The first kappa shape index (κ1) is 15.3. The molecule has 1 N–H and O–H groups in total. The predicted octanol–water partition coefficient (Wildman–Crippen LogP) is 2.78.